The molecule has 2 aliphatic rings. The molecule has 2 rings (SSSR count). The van der Waals surface area contributed by atoms with Crippen LogP contribution in [0.25, 0.3) is 0 Å². The second kappa shape index (κ2) is 7.85. The van der Waals surface area contributed by atoms with E-state index in [1.165, 1.54) is 32.4 Å². The summed E-state index contributed by atoms with van der Waals surface area (Å²) < 4.78 is 0. The minimum absolute atomic E-state index is 0.215. The molecule has 2 heterocycles. The molecule has 2 N–H and O–H groups in total. The van der Waals surface area contributed by atoms with Crippen molar-refractivity contribution in [3.63, 3.8) is 0 Å². The SMILES string of the molecule is CC1CCN(CCCNC(=O)CC2CCCN2)CC1. The molecule has 0 radical (unpaired) electrons. The summed E-state index contributed by atoms with van der Waals surface area (Å²) in [6.07, 6.45) is 6.77. The Kier molecular flexibility index (Phi) is 6.11. The maximum atomic E-state index is 11.7. The highest BCUT2D eigenvalue weighted by atomic mass is 16.1. The predicted molar refractivity (Wildman–Crippen MR) is 78.1 cm³/mol. The first-order valence-corrected chi connectivity index (χ1v) is 7.96. The summed E-state index contributed by atoms with van der Waals surface area (Å²) in [5, 5.41) is 6.42. The number of carbonyl (C=O) groups excluding carboxylic acids is 1. The Labute approximate surface area is 117 Å². The molecule has 0 aromatic rings. The van der Waals surface area contributed by atoms with Gasteiger partial charge in [-0.1, -0.05) is 6.92 Å². The Hall–Kier alpha value is -0.610. The predicted octanol–water partition coefficient (Wildman–Crippen LogP) is 1.37. The highest BCUT2D eigenvalue weighted by Crippen LogP contribution is 2.15. The molecule has 0 aromatic carbocycles. The second-order valence-corrected chi connectivity index (χ2v) is 6.23. The lowest BCUT2D eigenvalue weighted by Gasteiger charge is -2.30. The van der Waals surface area contributed by atoms with Crippen LogP contribution in [0.2, 0.25) is 0 Å². The third kappa shape index (κ3) is 5.49. The largest absolute Gasteiger partial charge is 0.356 e. The van der Waals surface area contributed by atoms with Crippen LogP contribution in [0, 0.1) is 5.92 Å². The van der Waals surface area contributed by atoms with Crippen molar-refractivity contribution in [3.05, 3.63) is 0 Å². The number of likely N-dealkylation sites (tertiary alicyclic amines) is 1. The third-order valence-corrected chi connectivity index (χ3v) is 4.44. The van der Waals surface area contributed by atoms with Crippen LogP contribution in [0.5, 0.6) is 0 Å². The molecular weight excluding hydrogens is 238 g/mol. The summed E-state index contributed by atoms with van der Waals surface area (Å²) in [6, 6.07) is 0.420. The van der Waals surface area contributed by atoms with E-state index in [-0.39, 0.29) is 5.91 Å². The quantitative estimate of drug-likeness (QED) is 0.714. The molecule has 2 fully saturated rings. The first-order valence-electron chi connectivity index (χ1n) is 7.96. The van der Waals surface area contributed by atoms with E-state index in [0.717, 1.165) is 38.4 Å². The van der Waals surface area contributed by atoms with Crippen LogP contribution < -0.4 is 10.6 Å². The van der Waals surface area contributed by atoms with E-state index in [1.54, 1.807) is 0 Å². The number of nitrogens with one attached hydrogen (secondary N) is 2. The van der Waals surface area contributed by atoms with Gasteiger partial charge >= 0.3 is 0 Å². The van der Waals surface area contributed by atoms with E-state index in [2.05, 4.69) is 22.5 Å². The molecule has 4 nitrogen and oxygen atoms in total. The lowest BCUT2D eigenvalue weighted by Crippen LogP contribution is -2.36. The summed E-state index contributed by atoms with van der Waals surface area (Å²) in [5.41, 5.74) is 0. The van der Waals surface area contributed by atoms with E-state index < -0.39 is 0 Å². The number of rotatable bonds is 6. The second-order valence-electron chi connectivity index (χ2n) is 6.23. The van der Waals surface area contributed by atoms with Gasteiger partial charge in [-0.15, -0.1) is 0 Å². The van der Waals surface area contributed by atoms with Crippen LogP contribution in [-0.4, -0.2) is 49.6 Å². The zero-order chi connectivity index (χ0) is 13.5. The molecule has 0 spiro atoms. The average Bonchev–Trinajstić information content (AvgIpc) is 2.89. The molecule has 1 atom stereocenters. The topological polar surface area (TPSA) is 44.4 Å². The maximum Gasteiger partial charge on any atom is 0.221 e. The summed E-state index contributed by atoms with van der Waals surface area (Å²) in [4.78, 5) is 14.3. The van der Waals surface area contributed by atoms with Crippen LogP contribution in [-0.2, 0) is 4.79 Å². The number of hydrogen-bond acceptors (Lipinski definition) is 3. The van der Waals surface area contributed by atoms with Gasteiger partial charge in [0.15, 0.2) is 0 Å². The molecule has 110 valence electrons. The van der Waals surface area contributed by atoms with Gasteiger partial charge in [0.05, 0.1) is 0 Å². The Bertz CT molecular complexity index is 269. The van der Waals surface area contributed by atoms with Crippen molar-refractivity contribution in [3.8, 4) is 0 Å². The van der Waals surface area contributed by atoms with E-state index in [1.807, 2.05) is 0 Å². The van der Waals surface area contributed by atoms with Crippen LogP contribution in [0.4, 0.5) is 0 Å². The van der Waals surface area contributed by atoms with Gasteiger partial charge in [-0.05, 0) is 64.2 Å². The average molecular weight is 267 g/mol. The van der Waals surface area contributed by atoms with Gasteiger partial charge < -0.3 is 15.5 Å². The zero-order valence-electron chi connectivity index (χ0n) is 12.3. The van der Waals surface area contributed by atoms with Crippen molar-refractivity contribution in [1.82, 2.24) is 15.5 Å². The normalized spacial score (nSPS) is 25.6. The molecular formula is C15H29N3O. The molecule has 4 heteroatoms. The zero-order valence-corrected chi connectivity index (χ0v) is 12.3. The molecule has 0 saturated carbocycles. The van der Waals surface area contributed by atoms with Gasteiger partial charge in [0.1, 0.15) is 0 Å². The molecule has 2 aliphatic heterocycles. The van der Waals surface area contributed by atoms with Crippen molar-refractivity contribution in [2.75, 3.05) is 32.7 Å². The minimum atomic E-state index is 0.215. The van der Waals surface area contributed by atoms with Crippen LogP contribution in [0.3, 0.4) is 0 Å². The fraction of sp³-hybridized carbons (Fsp3) is 0.933. The molecule has 0 aromatic heterocycles. The fourth-order valence-electron chi connectivity index (χ4n) is 3.04. The van der Waals surface area contributed by atoms with Crippen LogP contribution in [0.1, 0.15) is 45.4 Å². The third-order valence-electron chi connectivity index (χ3n) is 4.44. The number of amides is 1. The maximum absolute atomic E-state index is 11.7. The number of piperidine rings is 1. The number of carbonyl (C=O) groups is 1. The molecule has 1 amide bonds. The standard InChI is InChI=1S/C15H29N3O/c1-13-5-10-18(11-6-13)9-3-8-17-15(19)12-14-4-2-7-16-14/h13-14,16H,2-12H2,1H3,(H,17,19). The lowest BCUT2D eigenvalue weighted by molar-refractivity contribution is -0.121. The van der Waals surface area contributed by atoms with Crippen molar-refractivity contribution >= 4 is 5.91 Å². The van der Waals surface area contributed by atoms with E-state index in [9.17, 15) is 4.79 Å². The van der Waals surface area contributed by atoms with Gasteiger partial charge in [-0.3, -0.25) is 4.79 Å². The van der Waals surface area contributed by atoms with Crippen LogP contribution >= 0.6 is 0 Å². The van der Waals surface area contributed by atoms with Gasteiger partial charge in [-0.25, -0.2) is 0 Å². The smallest absolute Gasteiger partial charge is 0.221 e. The summed E-state index contributed by atoms with van der Waals surface area (Å²) in [6.45, 7) is 7.86. The van der Waals surface area contributed by atoms with Gasteiger partial charge in [0, 0.05) is 19.0 Å². The first kappa shape index (κ1) is 14.8. The molecule has 0 aliphatic carbocycles. The summed E-state index contributed by atoms with van der Waals surface area (Å²) in [7, 11) is 0. The van der Waals surface area contributed by atoms with Crippen molar-refractivity contribution in [2.45, 2.75) is 51.5 Å². The number of nitrogens with zero attached hydrogens (tertiary/aromatic N) is 1. The Morgan fingerprint density at radius 3 is 2.79 bits per heavy atom. The van der Waals surface area contributed by atoms with E-state index >= 15 is 0 Å². The van der Waals surface area contributed by atoms with Gasteiger partial charge in [0.25, 0.3) is 0 Å². The van der Waals surface area contributed by atoms with Crippen LogP contribution in [0.15, 0.2) is 0 Å². The molecule has 2 saturated heterocycles. The monoisotopic (exact) mass is 267 g/mol. The molecule has 19 heavy (non-hydrogen) atoms. The van der Waals surface area contributed by atoms with Gasteiger partial charge in [0.2, 0.25) is 5.91 Å². The highest BCUT2D eigenvalue weighted by Gasteiger charge is 2.17. The Balaban J connectivity index is 1.48. The number of hydrogen-bond donors (Lipinski definition) is 2. The summed E-state index contributed by atoms with van der Waals surface area (Å²) in [5.74, 6) is 1.11. The molecule has 0 bridgehead atoms. The lowest BCUT2D eigenvalue weighted by atomic mass is 9.99. The Morgan fingerprint density at radius 2 is 2.11 bits per heavy atom. The molecule has 1 unspecified atom stereocenters. The minimum Gasteiger partial charge on any atom is -0.356 e. The van der Waals surface area contributed by atoms with Crippen molar-refractivity contribution < 1.29 is 4.79 Å². The van der Waals surface area contributed by atoms with Crippen molar-refractivity contribution in [1.29, 1.82) is 0 Å². The first-order chi connectivity index (χ1) is 9.24. The fourth-order valence-corrected chi connectivity index (χ4v) is 3.04. The Morgan fingerprint density at radius 1 is 1.32 bits per heavy atom. The van der Waals surface area contributed by atoms with Crippen molar-refractivity contribution in [2.24, 2.45) is 5.92 Å². The van der Waals surface area contributed by atoms with E-state index in [0.29, 0.717) is 12.5 Å². The summed E-state index contributed by atoms with van der Waals surface area (Å²) >= 11 is 0. The van der Waals surface area contributed by atoms with E-state index in [4.69, 9.17) is 0 Å². The highest BCUT2D eigenvalue weighted by molar-refractivity contribution is 5.76. The van der Waals surface area contributed by atoms with Gasteiger partial charge in [-0.2, -0.15) is 0 Å².